The molecule has 0 aliphatic heterocycles. The van der Waals surface area contributed by atoms with Crippen LogP contribution in [0.15, 0.2) is 53.4 Å². The second-order valence-electron chi connectivity index (χ2n) is 4.45. The highest BCUT2D eigenvalue weighted by atomic mass is 35.5. The minimum absolute atomic E-state index is 0.0925. The molecule has 0 aliphatic carbocycles. The lowest BCUT2D eigenvalue weighted by Crippen LogP contribution is -2.14. The summed E-state index contributed by atoms with van der Waals surface area (Å²) in [6.07, 6.45) is 0. The van der Waals surface area contributed by atoms with Crippen LogP contribution in [0.4, 0.5) is 4.39 Å². The van der Waals surface area contributed by atoms with Crippen molar-refractivity contribution in [3.63, 3.8) is 0 Å². The molecule has 1 atom stereocenters. The largest absolute Gasteiger partial charge is 0.224 e. The number of nitriles is 1. The Bertz CT molecular complexity index is 785. The molecule has 2 rings (SSSR count). The molecular formula is C15H11ClFNO2S. The van der Waals surface area contributed by atoms with E-state index < -0.39 is 21.6 Å². The third-order valence-electron chi connectivity index (χ3n) is 2.99. The molecular weight excluding hydrogens is 313 g/mol. The lowest BCUT2D eigenvalue weighted by Gasteiger charge is -2.10. The zero-order valence-electron chi connectivity index (χ0n) is 10.8. The van der Waals surface area contributed by atoms with Crippen molar-refractivity contribution < 1.29 is 12.8 Å². The van der Waals surface area contributed by atoms with Gasteiger partial charge in [0.05, 0.1) is 27.7 Å². The van der Waals surface area contributed by atoms with Crippen LogP contribution in [-0.4, -0.2) is 14.2 Å². The van der Waals surface area contributed by atoms with Crippen LogP contribution in [-0.2, 0) is 9.84 Å². The summed E-state index contributed by atoms with van der Waals surface area (Å²) in [5.74, 6) is -1.86. The number of benzene rings is 2. The van der Waals surface area contributed by atoms with Crippen LogP contribution < -0.4 is 0 Å². The number of hydrogen-bond donors (Lipinski definition) is 0. The molecule has 3 nitrogen and oxygen atoms in total. The van der Waals surface area contributed by atoms with E-state index in [1.54, 1.807) is 30.3 Å². The van der Waals surface area contributed by atoms with Gasteiger partial charge in [0.15, 0.2) is 9.84 Å². The molecule has 6 heteroatoms. The lowest BCUT2D eigenvalue weighted by molar-refractivity contribution is 0.592. The van der Waals surface area contributed by atoms with Gasteiger partial charge in [-0.3, -0.25) is 0 Å². The maximum atomic E-state index is 13.1. The van der Waals surface area contributed by atoms with Crippen LogP contribution in [0.1, 0.15) is 11.5 Å². The highest BCUT2D eigenvalue weighted by molar-refractivity contribution is 7.91. The monoisotopic (exact) mass is 323 g/mol. The average Bonchev–Trinajstić information content (AvgIpc) is 2.48. The van der Waals surface area contributed by atoms with E-state index in [4.69, 9.17) is 11.6 Å². The van der Waals surface area contributed by atoms with Gasteiger partial charge in [-0.05, 0) is 23.8 Å². The normalized spacial score (nSPS) is 12.6. The zero-order chi connectivity index (χ0) is 15.5. The number of hydrogen-bond acceptors (Lipinski definition) is 3. The van der Waals surface area contributed by atoms with Crippen molar-refractivity contribution in [3.8, 4) is 6.07 Å². The molecule has 0 N–H and O–H groups in total. The van der Waals surface area contributed by atoms with Crippen LogP contribution in [0.5, 0.6) is 0 Å². The molecule has 0 spiro atoms. The Balaban J connectivity index is 2.32. The first-order chi connectivity index (χ1) is 9.94. The molecule has 0 saturated carbocycles. The SMILES string of the molecule is N#CC(CS(=O)(=O)c1ccc(F)c(Cl)c1)c1ccccc1. The van der Waals surface area contributed by atoms with E-state index in [9.17, 15) is 18.1 Å². The third-order valence-corrected chi connectivity index (χ3v) is 5.03. The Morgan fingerprint density at radius 3 is 2.43 bits per heavy atom. The average molecular weight is 324 g/mol. The predicted octanol–water partition coefficient (Wildman–Crippen LogP) is 3.56. The van der Waals surface area contributed by atoms with E-state index in [0.717, 1.165) is 18.2 Å². The fourth-order valence-electron chi connectivity index (χ4n) is 1.88. The third kappa shape index (κ3) is 3.60. The quantitative estimate of drug-likeness (QED) is 0.808. The molecule has 1 unspecified atom stereocenters. The van der Waals surface area contributed by atoms with Gasteiger partial charge in [-0.1, -0.05) is 41.9 Å². The highest BCUT2D eigenvalue weighted by Gasteiger charge is 2.23. The molecule has 2 aromatic carbocycles. The summed E-state index contributed by atoms with van der Waals surface area (Å²) in [5, 5.41) is 8.93. The van der Waals surface area contributed by atoms with Gasteiger partial charge in [-0.25, -0.2) is 12.8 Å². The molecule has 2 aromatic rings. The van der Waals surface area contributed by atoms with Crippen LogP contribution in [0.25, 0.3) is 0 Å². The van der Waals surface area contributed by atoms with Gasteiger partial charge in [-0.15, -0.1) is 0 Å². The molecule has 0 aliphatic rings. The van der Waals surface area contributed by atoms with E-state index in [1.807, 2.05) is 6.07 Å². The first-order valence-electron chi connectivity index (χ1n) is 6.06. The van der Waals surface area contributed by atoms with Crippen molar-refractivity contribution in [3.05, 3.63) is 64.9 Å². The van der Waals surface area contributed by atoms with Crippen molar-refractivity contribution in [1.82, 2.24) is 0 Å². The summed E-state index contributed by atoms with van der Waals surface area (Å²) in [6.45, 7) is 0. The molecule has 0 fully saturated rings. The summed E-state index contributed by atoms with van der Waals surface area (Å²) in [4.78, 5) is -0.0925. The number of sulfone groups is 1. The van der Waals surface area contributed by atoms with Gasteiger partial charge >= 0.3 is 0 Å². The Hall–Kier alpha value is -1.90. The molecule has 0 amide bonds. The molecule has 0 heterocycles. The fourth-order valence-corrected chi connectivity index (χ4v) is 3.60. The second-order valence-corrected chi connectivity index (χ2v) is 6.89. The Morgan fingerprint density at radius 1 is 1.19 bits per heavy atom. The zero-order valence-corrected chi connectivity index (χ0v) is 12.4. The summed E-state index contributed by atoms with van der Waals surface area (Å²) < 4.78 is 37.7. The van der Waals surface area contributed by atoms with Gasteiger partial charge in [0.25, 0.3) is 0 Å². The Kier molecular flexibility index (Phi) is 4.61. The first-order valence-corrected chi connectivity index (χ1v) is 8.09. The molecule has 0 bridgehead atoms. The second kappa shape index (κ2) is 6.25. The van der Waals surface area contributed by atoms with Gasteiger partial charge < -0.3 is 0 Å². The van der Waals surface area contributed by atoms with Crippen LogP contribution in [0.2, 0.25) is 5.02 Å². The van der Waals surface area contributed by atoms with E-state index in [1.165, 1.54) is 0 Å². The van der Waals surface area contributed by atoms with Crippen LogP contribution in [0.3, 0.4) is 0 Å². The van der Waals surface area contributed by atoms with E-state index in [-0.39, 0.29) is 15.7 Å². The maximum Gasteiger partial charge on any atom is 0.180 e. The summed E-state index contributed by atoms with van der Waals surface area (Å²) in [7, 11) is -3.73. The Morgan fingerprint density at radius 2 is 1.86 bits per heavy atom. The predicted molar refractivity (Wildman–Crippen MR) is 78.3 cm³/mol. The summed E-state index contributed by atoms with van der Waals surface area (Å²) >= 11 is 5.60. The van der Waals surface area contributed by atoms with Crippen molar-refractivity contribution in [1.29, 1.82) is 5.26 Å². The number of nitrogens with zero attached hydrogens (tertiary/aromatic N) is 1. The van der Waals surface area contributed by atoms with Crippen LogP contribution >= 0.6 is 11.6 Å². The lowest BCUT2D eigenvalue weighted by atomic mass is 10.0. The maximum absolute atomic E-state index is 13.1. The standard InChI is InChI=1S/C15H11ClFNO2S/c16-14-8-13(6-7-15(14)17)21(19,20)10-12(9-18)11-4-2-1-3-5-11/h1-8,12H,10H2. The van der Waals surface area contributed by atoms with Crippen molar-refractivity contribution in [2.45, 2.75) is 10.8 Å². The van der Waals surface area contributed by atoms with E-state index in [0.29, 0.717) is 5.56 Å². The topological polar surface area (TPSA) is 57.9 Å². The van der Waals surface area contributed by atoms with Gasteiger partial charge in [0, 0.05) is 0 Å². The molecule has 108 valence electrons. The molecule has 0 saturated heterocycles. The minimum atomic E-state index is -3.73. The Labute approximate surface area is 127 Å². The van der Waals surface area contributed by atoms with Crippen molar-refractivity contribution >= 4 is 21.4 Å². The molecule has 0 radical (unpaired) electrons. The van der Waals surface area contributed by atoms with Gasteiger partial charge in [-0.2, -0.15) is 5.26 Å². The fraction of sp³-hybridized carbons (Fsp3) is 0.133. The molecule has 21 heavy (non-hydrogen) atoms. The van der Waals surface area contributed by atoms with Crippen LogP contribution in [0, 0.1) is 17.1 Å². The minimum Gasteiger partial charge on any atom is -0.224 e. The number of rotatable bonds is 4. The summed E-state index contributed by atoms with van der Waals surface area (Å²) in [6, 6.07) is 13.8. The summed E-state index contributed by atoms with van der Waals surface area (Å²) in [5.41, 5.74) is 0.622. The first kappa shape index (κ1) is 15.5. The smallest absolute Gasteiger partial charge is 0.180 e. The van der Waals surface area contributed by atoms with Gasteiger partial charge in [0.1, 0.15) is 5.82 Å². The van der Waals surface area contributed by atoms with Crippen molar-refractivity contribution in [2.24, 2.45) is 0 Å². The van der Waals surface area contributed by atoms with Crippen molar-refractivity contribution in [2.75, 3.05) is 5.75 Å². The number of halogens is 2. The van der Waals surface area contributed by atoms with Gasteiger partial charge in [0.2, 0.25) is 0 Å². The van der Waals surface area contributed by atoms with E-state index >= 15 is 0 Å². The molecule has 0 aromatic heterocycles. The van der Waals surface area contributed by atoms with E-state index in [2.05, 4.69) is 0 Å². The highest BCUT2D eigenvalue weighted by Crippen LogP contribution is 2.24.